The van der Waals surface area contributed by atoms with Gasteiger partial charge < -0.3 is 10.2 Å². The largest absolute Gasteiger partial charge is 0.355 e. The lowest BCUT2D eigenvalue weighted by atomic mass is 9.78. The zero-order valence-corrected chi connectivity index (χ0v) is 17.6. The quantitative estimate of drug-likeness (QED) is 0.768. The monoisotopic (exact) mass is 426 g/mol. The molecule has 0 unspecified atom stereocenters. The summed E-state index contributed by atoms with van der Waals surface area (Å²) in [5.41, 5.74) is 1.16. The third kappa shape index (κ3) is 4.63. The molecule has 2 aromatic carbocycles. The second kappa shape index (κ2) is 9.16. The average Bonchev–Trinajstić information content (AvgIpc) is 3.28. The number of carbonyl (C=O) groups is 2. The van der Waals surface area contributed by atoms with Crippen LogP contribution < -0.4 is 5.32 Å². The summed E-state index contributed by atoms with van der Waals surface area (Å²) in [6.45, 7) is 1.41. The van der Waals surface area contributed by atoms with Crippen molar-refractivity contribution < 1.29 is 18.4 Å². The first-order valence-corrected chi connectivity index (χ1v) is 11.1. The first kappa shape index (κ1) is 21.5. The molecule has 1 saturated carbocycles. The fraction of sp³-hybridized carbons (Fsp3) is 0.440. The minimum atomic E-state index is -0.854. The molecule has 1 aliphatic carbocycles. The molecule has 31 heavy (non-hydrogen) atoms. The van der Waals surface area contributed by atoms with E-state index in [1.807, 2.05) is 18.2 Å². The second-order valence-corrected chi connectivity index (χ2v) is 8.76. The molecule has 164 valence electrons. The molecule has 1 heterocycles. The van der Waals surface area contributed by atoms with E-state index in [9.17, 15) is 18.4 Å². The Kier molecular flexibility index (Phi) is 6.35. The number of likely N-dealkylation sites (tertiary alicyclic amines) is 1. The Balaban J connectivity index is 1.32. The highest BCUT2D eigenvalue weighted by Gasteiger charge is 2.37. The summed E-state index contributed by atoms with van der Waals surface area (Å²) in [5.74, 6) is -2.14. The predicted octanol–water partition coefficient (Wildman–Crippen LogP) is 4.45. The number of nitrogens with zero attached hydrogens (tertiary/aromatic N) is 1. The summed E-state index contributed by atoms with van der Waals surface area (Å²) in [4.78, 5) is 27.0. The SMILES string of the molecule is O=C(NCC1(c2ccccc2)CCCC1)C1CCN(C(=O)c2ccc(F)cc2F)CC1. The number of nitrogens with one attached hydrogen (secondary N) is 1. The van der Waals surface area contributed by atoms with Gasteiger partial charge in [0.2, 0.25) is 5.91 Å². The Bertz CT molecular complexity index is 934. The molecule has 6 heteroatoms. The van der Waals surface area contributed by atoms with Gasteiger partial charge in [-0.2, -0.15) is 0 Å². The molecular formula is C25H28F2N2O2. The molecule has 1 saturated heterocycles. The molecule has 2 aromatic rings. The molecular weight excluding hydrogens is 398 g/mol. The van der Waals surface area contributed by atoms with Crippen LogP contribution in [0.15, 0.2) is 48.5 Å². The first-order valence-electron chi connectivity index (χ1n) is 11.1. The Morgan fingerprint density at radius 1 is 1.00 bits per heavy atom. The Morgan fingerprint density at radius 3 is 2.32 bits per heavy atom. The van der Waals surface area contributed by atoms with Gasteiger partial charge in [-0.25, -0.2) is 8.78 Å². The normalized spacial score (nSPS) is 18.7. The van der Waals surface area contributed by atoms with E-state index in [0.29, 0.717) is 32.5 Å². The van der Waals surface area contributed by atoms with Crippen molar-refractivity contribution in [2.24, 2.45) is 5.92 Å². The van der Waals surface area contributed by atoms with Gasteiger partial charge in [-0.15, -0.1) is 0 Å². The van der Waals surface area contributed by atoms with E-state index >= 15 is 0 Å². The molecule has 1 aliphatic heterocycles. The minimum absolute atomic E-state index is 0.00764. The van der Waals surface area contributed by atoms with E-state index in [1.165, 1.54) is 24.5 Å². The molecule has 0 atom stereocenters. The van der Waals surface area contributed by atoms with Gasteiger partial charge >= 0.3 is 0 Å². The second-order valence-electron chi connectivity index (χ2n) is 8.76. The molecule has 0 bridgehead atoms. The van der Waals surface area contributed by atoms with Crippen molar-refractivity contribution in [3.05, 3.63) is 71.3 Å². The molecule has 0 spiro atoms. The lowest BCUT2D eigenvalue weighted by Crippen LogP contribution is -2.46. The standard InChI is InChI=1S/C25H28F2N2O2/c26-20-8-9-21(22(27)16-20)24(31)29-14-10-18(11-15-29)23(30)28-17-25(12-4-5-13-25)19-6-2-1-3-7-19/h1-3,6-9,16,18H,4-5,10-15,17H2,(H,28,30). The van der Waals surface area contributed by atoms with Gasteiger partial charge in [0.25, 0.3) is 5.91 Å². The number of amides is 2. The number of hydrogen-bond donors (Lipinski definition) is 1. The molecule has 1 N–H and O–H groups in total. The highest BCUT2D eigenvalue weighted by atomic mass is 19.1. The maximum atomic E-state index is 13.9. The molecule has 0 radical (unpaired) electrons. The molecule has 0 aromatic heterocycles. The van der Waals surface area contributed by atoms with Crippen LogP contribution in [0.1, 0.15) is 54.4 Å². The van der Waals surface area contributed by atoms with Crippen molar-refractivity contribution in [3.63, 3.8) is 0 Å². The van der Waals surface area contributed by atoms with Gasteiger partial charge in [0.1, 0.15) is 11.6 Å². The van der Waals surface area contributed by atoms with E-state index < -0.39 is 17.5 Å². The third-order valence-corrected chi connectivity index (χ3v) is 6.86. The summed E-state index contributed by atoms with van der Waals surface area (Å²) in [5, 5.41) is 3.18. The van der Waals surface area contributed by atoms with Crippen molar-refractivity contribution in [2.75, 3.05) is 19.6 Å². The highest BCUT2D eigenvalue weighted by molar-refractivity contribution is 5.94. The molecule has 2 amide bonds. The van der Waals surface area contributed by atoms with Crippen molar-refractivity contribution in [1.82, 2.24) is 10.2 Å². The summed E-state index contributed by atoms with van der Waals surface area (Å²) >= 11 is 0. The number of hydrogen-bond acceptors (Lipinski definition) is 2. The highest BCUT2D eigenvalue weighted by Crippen LogP contribution is 2.40. The number of rotatable bonds is 5. The fourth-order valence-electron chi connectivity index (χ4n) is 4.99. The Hall–Kier alpha value is -2.76. The zero-order chi connectivity index (χ0) is 21.8. The van der Waals surface area contributed by atoms with Crippen molar-refractivity contribution in [1.29, 1.82) is 0 Å². The van der Waals surface area contributed by atoms with Gasteiger partial charge in [0.15, 0.2) is 0 Å². The first-order chi connectivity index (χ1) is 15.0. The van der Waals surface area contributed by atoms with Crippen LogP contribution in [0.2, 0.25) is 0 Å². The van der Waals surface area contributed by atoms with Crippen molar-refractivity contribution >= 4 is 11.8 Å². The number of halogens is 2. The van der Waals surface area contributed by atoms with Crippen LogP contribution in [-0.2, 0) is 10.2 Å². The minimum Gasteiger partial charge on any atom is -0.355 e. The number of carbonyl (C=O) groups excluding carboxylic acids is 2. The van der Waals surface area contributed by atoms with Crippen molar-refractivity contribution in [3.8, 4) is 0 Å². The van der Waals surface area contributed by atoms with E-state index in [0.717, 1.165) is 25.0 Å². The summed E-state index contributed by atoms with van der Waals surface area (Å²) in [6.07, 6.45) is 5.58. The number of benzene rings is 2. The van der Waals surface area contributed by atoms with Crippen LogP contribution in [0, 0.1) is 17.6 Å². The molecule has 4 rings (SSSR count). The maximum absolute atomic E-state index is 13.9. The van der Waals surface area contributed by atoms with Crippen LogP contribution in [0.3, 0.4) is 0 Å². The predicted molar refractivity (Wildman–Crippen MR) is 115 cm³/mol. The van der Waals surface area contributed by atoms with Crippen LogP contribution in [0.5, 0.6) is 0 Å². The lowest BCUT2D eigenvalue weighted by molar-refractivity contribution is -0.126. The zero-order valence-electron chi connectivity index (χ0n) is 17.6. The van der Waals surface area contributed by atoms with Crippen LogP contribution in [0.4, 0.5) is 8.78 Å². The van der Waals surface area contributed by atoms with Crippen LogP contribution >= 0.6 is 0 Å². The van der Waals surface area contributed by atoms with E-state index in [-0.39, 0.29) is 22.8 Å². The number of piperidine rings is 1. The molecule has 2 aliphatic rings. The smallest absolute Gasteiger partial charge is 0.256 e. The van der Waals surface area contributed by atoms with Crippen LogP contribution in [0.25, 0.3) is 0 Å². The summed E-state index contributed by atoms with van der Waals surface area (Å²) in [6, 6.07) is 13.4. The van der Waals surface area contributed by atoms with Gasteiger partial charge in [0, 0.05) is 37.0 Å². The van der Waals surface area contributed by atoms with Crippen LogP contribution in [-0.4, -0.2) is 36.3 Å². The van der Waals surface area contributed by atoms with Gasteiger partial charge in [0.05, 0.1) is 5.56 Å². The summed E-state index contributed by atoms with van der Waals surface area (Å²) < 4.78 is 27.0. The maximum Gasteiger partial charge on any atom is 0.256 e. The van der Waals surface area contributed by atoms with Gasteiger partial charge in [-0.1, -0.05) is 43.2 Å². The third-order valence-electron chi connectivity index (χ3n) is 6.86. The van der Waals surface area contributed by atoms with Gasteiger partial charge in [-0.3, -0.25) is 9.59 Å². The molecule has 4 nitrogen and oxygen atoms in total. The van der Waals surface area contributed by atoms with E-state index in [2.05, 4.69) is 17.4 Å². The lowest BCUT2D eigenvalue weighted by Gasteiger charge is -2.34. The van der Waals surface area contributed by atoms with Crippen molar-refractivity contribution in [2.45, 2.75) is 43.9 Å². The Morgan fingerprint density at radius 2 is 1.68 bits per heavy atom. The average molecular weight is 427 g/mol. The Labute approximate surface area is 181 Å². The fourth-order valence-corrected chi connectivity index (χ4v) is 4.99. The topological polar surface area (TPSA) is 49.4 Å². The van der Waals surface area contributed by atoms with E-state index in [1.54, 1.807) is 4.90 Å². The van der Waals surface area contributed by atoms with Gasteiger partial charge in [-0.05, 0) is 43.4 Å². The molecule has 2 fully saturated rings. The summed E-state index contributed by atoms with van der Waals surface area (Å²) in [7, 11) is 0. The van der Waals surface area contributed by atoms with E-state index in [4.69, 9.17) is 0 Å².